The number of hydrogen-bond donors (Lipinski definition) is 2. The highest BCUT2D eigenvalue weighted by Crippen LogP contribution is 2.30. The van der Waals surface area contributed by atoms with Crippen LogP contribution in [-0.2, 0) is 9.59 Å². The molecule has 5 heteroatoms. The van der Waals surface area contributed by atoms with Crippen LogP contribution >= 0.6 is 11.8 Å². The second-order valence-corrected chi connectivity index (χ2v) is 5.19. The molecule has 18 heavy (non-hydrogen) atoms. The Morgan fingerprint density at radius 1 is 1.33 bits per heavy atom. The van der Waals surface area contributed by atoms with Crippen molar-refractivity contribution in [2.24, 2.45) is 5.73 Å². The van der Waals surface area contributed by atoms with Gasteiger partial charge in [-0.15, -0.1) is 0 Å². The van der Waals surface area contributed by atoms with Gasteiger partial charge in [0.1, 0.15) is 5.57 Å². The predicted octanol–water partition coefficient (Wildman–Crippen LogP) is 1.73. The van der Waals surface area contributed by atoms with Crippen molar-refractivity contribution in [2.45, 2.75) is 13.8 Å². The standard InChI is InChI=1S/C13H14N2O2S/c1-7-3-4-9(5-8(7)2)15-13-11(12(14)17)10(16)6-18-13/h3-5,15H,6H2,1-2H3,(H2,14,17). The summed E-state index contributed by atoms with van der Waals surface area (Å²) in [5, 5.41) is 3.64. The van der Waals surface area contributed by atoms with Crippen molar-refractivity contribution in [3.05, 3.63) is 39.9 Å². The van der Waals surface area contributed by atoms with Crippen molar-refractivity contribution in [1.29, 1.82) is 0 Å². The molecular weight excluding hydrogens is 248 g/mol. The minimum absolute atomic E-state index is 0.0817. The molecule has 1 aromatic carbocycles. The Bertz CT molecular complexity index is 564. The first-order valence-corrected chi connectivity index (χ1v) is 6.52. The number of aryl methyl sites for hydroxylation is 2. The van der Waals surface area contributed by atoms with Crippen LogP contribution in [0.1, 0.15) is 11.1 Å². The van der Waals surface area contributed by atoms with E-state index in [1.54, 1.807) is 0 Å². The lowest BCUT2D eigenvalue weighted by Crippen LogP contribution is -2.21. The average molecular weight is 262 g/mol. The van der Waals surface area contributed by atoms with Gasteiger partial charge in [-0.3, -0.25) is 9.59 Å². The number of thioether (sulfide) groups is 1. The highest BCUT2D eigenvalue weighted by atomic mass is 32.2. The quantitative estimate of drug-likeness (QED) is 0.814. The molecule has 0 saturated carbocycles. The Morgan fingerprint density at radius 2 is 2.06 bits per heavy atom. The van der Waals surface area contributed by atoms with Gasteiger partial charge in [0.05, 0.1) is 10.8 Å². The number of amides is 1. The third kappa shape index (κ3) is 2.41. The van der Waals surface area contributed by atoms with E-state index in [1.165, 1.54) is 17.3 Å². The van der Waals surface area contributed by atoms with E-state index in [0.29, 0.717) is 5.03 Å². The number of primary amides is 1. The number of ketones is 1. The van der Waals surface area contributed by atoms with E-state index in [4.69, 9.17) is 5.73 Å². The third-order valence-electron chi connectivity index (χ3n) is 2.86. The smallest absolute Gasteiger partial charge is 0.255 e. The van der Waals surface area contributed by atoms with Crippen LogP contribution < -0.4 is 11.1 Å². The Labute approximate surface area is 110 Å². The lowest BCUT2D eigenvalue weighted by atomic mass is 10.1. The molecule has 4 nitrogen and oxygen atoms in total. The van der Waals surface area contributed by atoms with Gasteiger partial charge in [-0.05, 0) is 37.1 Å². The highest BCUT2D eigenvalue weighted by Gasteiger charge is 2.28. The maximum atomic E-state index is 11.5. The number of carbonyl (C=O) groups is 2. The fourth-order valence-corrected chi connectivity index (χ4v) is 2.68. The number of carbonyl (C=O) groups excluding carboxylic acids is 2. The van der Waals surface area contributed by atoms with Gasteiger partial charge in [0, 0.05) is 5.69 Å². The summed E-state index contributed by atoms with van der Waals surface area (Å²) in [5.74, 6) is -0.610. The van der Waals surface area contributed by atoms with Gasteiger partial charge in [0.25, 0.3) is 5.91 Å². The third-order valence-corrected chi connectivity index (χ3v) is 3.87. The van der Waals surface area contributed by atoms with Crippen LogP contribution in [0.15, 0.2) is 28.8 Å². The van der Waals surface area contributed by atoms with Crippen molar-refractivity contribution in [3.63, 3.8) is 0 Å². The first kappa shape index (κ1) is 12.7. The van der Waals surface area contributed by atoms with E-state index in [1.807, 2.05) is 32.0 Å². The van der Waals surface area contributed by atoms with Crippen LogP contribution in [0.5, 0.6) is 0 Å². The van der Waals surface area contributed by atoms with Crippen molar-refractivity contribution in [3.8, 4) is 0 Å². The highest BCUT2D eigenvalue weighted by molar-refractivity contribution is 8.04. The average Bonchev–Trinajstić information content (AvgIpc) is 2.65. The maximum absolute atomic E-state index is 11.5. The van der Waals surface area contributed by atoms with Gasteiger partial charge >= 0.3 is 0 Å². The van der Waals surface area contributed by atoms with Gasteiger partial charge in [-0.25, -0.2) is 0 Å². The zero-order valence-corrected chi connectivity index (χ0v) is 11.1. The summed E-state index contributed by atoms with van der Waals surface area (Å²) in [4.78, 5) is 22.7. The lowest BCUT2D eigenvalue weighted by molar-refractivity contribution is -0.119. The minimum Gasteiger partial charge on any atom is -0.365 e. The summed E-state index contributed by atoms with van der Waals surface area (Å²) in [6.07, 6.45) is 0. The van der Waals surface area contributed by atoms with Gasteiger partial charge in [0.2, 0.25) is 0 Å². The summed E-state index contributed by atoms with van der Waals surface area (Å²) < 4.78 is 0. The molecule has 1 heterocycles. The SMILES string of the molecule is Cc1ccc(NC2=C(C(N)=O)C(=O)CS2)cc1C. The molecule has 3 N–H and O–H groups in total. The Balaban J connectivity index is 2.30. The predicted molar refractivity (Wildman–Crippen MR) is 73.2 cm³/mol. The molecule has 94 valence electrons. The Kier molecular flexibility index (Phi) is 3.43. The van der Waals surface area contributed by atoms with Crippen LogP contribution in [-0.4, -0.2) is 17.4 Å². The van der Waals surface area contributed by atoms with Crippen molar-refractivity contribution < 1.29 is 9.59 Å². The monoisotopic (exact) mass is 262 g/mol. The number of anilines is 1. The molecule has 0 fully saturated rings. The molecule has 0 unspecified atom stereocenters. The number of benzene rings is 1. The van der Waals surface area contributed by atoms with Crippen molar-refractivity contribution in [1.82, 2.24) is 0 Å². The van der Waals surface area contributed by atoms with Crippen molar-refractivity contribution in [2.75, 3.05) is 11.1 Å². The van der Waals surface area contributed by atoms with E-state index in [0.717, 1.165) is 11.3 Å². The van der Waals surface area contributed by atoms with Crippen LogP contribution in [0.25, 0.3) is 0 Å². The second kappa shape index (κ2) is 4.86. The van der Waals surface area contributed by atoms with Crippen molar-refractivity contribution >= 4 is 29.1 Å². The molecule has 0 aromatic heterocycles. The molecule has 2 rings (SSSR count). The molecular formula is C13H14N2O2S. The number of Topliss-reactive ketones (excluding diaryl/α,β-unsaturated/α-hetero) is 1. The van der Waals surface area contributed by atoms with E-state index in [-0.39, 0.29) is 17.1 Å². The number of hydrogen-bond acceptors (Lipinski definition) is 4. The maximum Gasteiger partial charge on any atom is 0.255 e. The van der Waals surface area contributed by atoms with Gasteiger partial charge < -0.3 is 11.1 Å². The largest absolute Gasteiger partial charge is 0.365 e. The van der Waals surface area contributed by atoms with E-state index >= 15 is 0 Å². The summed E-state index contributed by atoms with van der Waals surface area (Å²) in [7, 11) is 0. The van der Waals surface area contributed by atoms with E-state index in [2.05, 4.69) is 5.32 Å². The van der Waals surface area contributed by atoms with Gasteiger partial charge in [-0.2, -0.15) is 0 Å². The topological polar surface area (TPSA) is 72.2 Å². The zero-order valence-electron chi connectivity index (χ0n) is 10.2. The van der Waals surface area contributed by atoms with Crippen LogP contribution in [0.4, 0.5) is 5.69 Å². The zero-order chi connectivity index (χ0) is 13.3. The molecule has 0 spiro atoms. The summed E-state index contributed by atoms with van der Waals surface area (Å²) >= 11 is 1.31. The number of nitrogens with two attached hydrogens (primary N) is 1. The molecule has 0 atom stereocenters. The first-order valence-electron chi connectivity index (χ1n) is 5.53. The Morgan fingerprint density at radius 3 is 2.67 bits per heavy atom. The number of rotatable bonds is 3. The van der Waals surface area contributed by atoms with Crippen LogP contribution in [0.2, 0.25) is 0 Å². The molecule has 0 aliphatic carbocycles. The molecule has 0 bridgehead atoms. The summed E-state index contributed by atoms with van der Waals surface area (Å²) in [6.45, 7) is 4.04. The Hall–Kier alpha value is -1.75. The molecule has 0 radical (unpaired) electrons. The van der Waals surface area contributed by atoms with Gasteiger partial charge in [-0.1, -0.05) is 17.8 Å². The van der Waals surface area contributed by atoms with Crippen LogP contribution in [0.3, 0.4) is 0 Å². The van der Waals surface area contributed by atoms with E-state index in [9.17, 15) is 9.59 Å². The molecule has 1 amide bonds. The molecule has 0 saturated heterocycles. The molecule has 1 aliphatic heterocycles. The van der Waals surface area contributed by atoms with Gasteiger partial charge in [0.15, 0.2) is 5.78 Å². The summed E-state index contributed by atoms with van der Waals surface area (Å²) in [6, 6.07) is 5.88. The second-order valence-electron chi connectivity index (χ2n) is 4.20. The van der Waals surface area contributed by atoms with Crippen LogP contribution in [0, 0.1) is 13.8 Å². The molecule has 1 aliphatic rings. The normalized spacial score (nSPS) is 15.1. The number of nitrogens with one attached hydrogen (secondary N) is 1. The fourth-order valence-electron chi connectivity index (χ4n) is 1.71. The first-order chi connectivity index (χ1) is 8.49. The minimum atomic E-state index is -0.670. The van der Waals surface area contributed by atoms with E-state index < -0.39 is 5.91 Å². The fraction of sp³-hybridized carbons (Fsp3) is 0.231. The molecule has 1 aromatic rings. The lowest BCUT2D eigenvalue weighted by Gasteiger charge is -2.09. The summed E-state index contributed by atoms with van der Waals surface area (Å²) in [5.41, 5.74) is 8.50.